The predicted molar refractivity (Wildman–Crippen MR) is 108 cm³/mol. The maximum absolute atomic E-state index is 12.0. The van der Waals surface area contributed by atoms with Crippen LogP contribution in [0.25, 0.3) is 0 Å². The third-order valence-corrected chi connectivity index (χ3v) is 4.39. The van der Waals surface area contributed by atoms with Gasteiger partial charge >= 0.3 is 5.69 Å². The summed E-state index contributed by atoms with van der Waals surface area (Å²) < 4.78 is 11.5. The molecule has 9 nitrogen and oxygen atoms in total. The first kappa shape index (κ1) is 21.4. The Labute approximate surface area is 169 Å². The molecule has 0 aliphatic carbocycles. The lowest BCUT2D eigenvalue weighted by Crippen LogP contribution is -2.28. The average molecular weight is 453 g/mol. The highest BCUT2D eigenvalue weighted by Crippen LogP contribution is 2.36. The molecule has 28 heavy (non-hydrogen) atoms. The molecule has 2 aromatic rings. The molecule has 0 fully saturated rings. The number of H-pyrrole nitrogens is 2. The van der Waals surface area contributed by atoms with E-state index in [1.54, 1.807) is 19.1 Å². The van der Waals surface area contributed by atoms with Crippen molar-refractivity contribution in [1.82, 2.24) is 15.4 Å². The number of carbonyl (C=O) groups is 1. The molecule has 1 aromatic carbocycles. The van der Waals surface area contributed by atoms with Crippen molar-refractivity contribution in [2.75, 3.05) is 13.7 Å². The van der Waals surface area contributed by atoms with Gasteiger partial charge in [-0.05, 0) is 53.9 Å². The molecule has 0 atom stereocenters. The highest BCUT2D eigenvalue weighted by molar-refractivity contribution is 9.10. The molecule has 0 bridgehead atoms. The van der Waals surface area contributed by atoms with Gasteiger partial charge in [0.25, 0.3) is 5.56 Å². The number of aryl methyl sites for hydroxylation is 1. The van der Waals surface area contributed by atoms with Crippen molar-refractivity contribution in [3.05, 3.63) is 54.3 Å². The number of ether oxygens (including phenoxy) is 2. The summed E-state index contributed by atoms with van der Waals surface area (Å²) in [4.78, 5) is 39.6. The SMILES string of the molecule is CCOc1c(Br)cc(/C=N/NC(=O)CCc2c(C)[nH]c(=O)[nH]c2=O)cc1OC. The van der Waals surface area contributed by atoms with E-state index in [1.807, 2.05) is 6.92 Å². The number of amides is 1. The summed E-state index contributed by atoms with van der Waals surface area (Å²) in [6, 6.07) is 3.51. The van der Waals surface area contributed by atoms with Crippen LogP contribution in [0.3, 0.4) is 0 Å². The van der Waals surface area contributed by atoms with Gasteiger partial charge in [0.05, 0.1) is 24.4 Å². The summed E-state index contributed by atoms with van der Waals surface area (Å²) in [6.07, 6.45) is 1.70. The van der Waals surface area contributed by atoms with Crippen molar-refractivity contribution in [2.24, 2.45) is 5.10 Å². The van der Waals surface area contributed by atoms with E-state index in [1.165, 1.54) is 13.3 Å². The number of nitrogens with zero attached hydrogens (tertiary/aromatic N) is 1. The summed E-state index contributed by atoms with van der Waals surface area (Å²) in [6.45, 7) is 3.98. The van der Waals surface area contributed by atoms with Crippen LogP contribution in [0.15, 0.2) is 31.3 Å². The molecule has 1 heterocycles. The number of aromatic amines is 2. The molecule has 0 spiro atoms. The molecule has 3 N–H and O–H groups in total. The lowest BCUT2D eigenvalue weighted by atomic mass is 10.1. The minimum Gasteiger partial charge on any atom is -0.493 e. The molecule has 2 rings (SSSR count). The predicted octanol–water partition coefficient (Wildman–Crippen LogP) is 1.62. The second-order valence-electron chi connectivity index (χ2n) is 5.77. The summed E-state index contributed by atoms with van der Waals surface area (Å²) in [5.41, 5.74) is 2.83. The number of hydrazone groups is 1. The molecule has 0 saturated carbocycles. The summed E-state index contributed by atoms with van der Waals surface area (Å²) in [5.74, 6) is 0.766. The number of nitrogens with one attached hydrogen (secondary N) is 3. The average Bonchev–Trinajstić information content (AvgIpc) is 2.62. The minimum atomic E-state index is -0.572. The lowest BCUT2D eigenvalue weighted by molar-refractivity contribution is -0.121. The van der Waals surface area contributed by atoms with Gasteiger partial charge in [0.2, 0.25) is 5.91 Å². The number of rotatable bonds is 8. The van der Waals surface area contributed by atoms with Gasteiger partial charge < -0.3 is 14.5 Å². The molecule has 0 saturated heterocycles. The summed E-state index contributed by atoms with van der Waals surface area (Å²) >= 11 is 3.42. The Balaban J connectivity index is 1.99. The van der Waals surface area contributed by atoms with Crippen molar-refractivity contribution >= 4 is 28.1 Å². The lowest BCUT2D eigenvalue weighted by Gasteiger charge is -2.11. The van der Waals surface area contributed by atoms with Gasteiger partial charge in [0.1, 0.15) is 0 Å². The Morgan fingerprint density at radius 1 is 1.32 bits per heavy atom. The number of hydrogen-bond donors (Lipinski definition) is 3. The van der Waals surface area contributed by atoms with Crippen LogP contribution in [-0.2, 0) is 11.2 Å². The Hall–Kier alpha value is -2.88. The smallest absolute Gasteiger partial charge is 0.325 e. The van der Waals surface area contributed by atoms with Crippen LogP contribution in [0.1, 0.15) is 30.2 Å². The number of halogens is 1. The molecule has 0 radical (unpaired) electrons. The van der Waals surface area contributed by atoms with E-state index in [-0.39, 0.29) is 18.7 Å². The molecular formula is C18H21BrN4O5. The van der Waals surface area contributed by atoms with Crippen molar-refractivity contribution in [2.45, 2.75) is 26.7 Å². The number of carbonyl (C=O) groups excluding carboxylic acids is 1. The number of benzene rings is 1. The van der Waals surface area contributed by atoms with Crippen molar-refractivity contribution in [3.8, 4) is 11.5 Å². The maximum atomic E-state index is 12.0. The van der Waals surface area contributed by atoms with Gasteiger partial charge in [-0.25, -0.2) is 10.2 Å². The second-order valence-corrected chi connectivity index (χ2v) is 6.63. The normalized spacial score (nSPS) is 10.9. The molecular weight excluding hydrogens is 432 g/mol. The Morgan fingerprint density at radius 3 is 2.71 bits per heavy atom. The van der Waals surface area contributed by atoms with Crippen LogP contribution in [0.4, 0.5) is 0 Å². The van der Waals surface area contributed by atoms with Crippen LogP contribution >= 0.6 is 15.9 Å². The van der Waals surface area contributed by atoms with Gasteiger partial charge in [-0.2, -0.15) is 5.10 Å². The van der Waals surface area contributed by atoms with Crippen LogP contribution in [0, 0.1) is 6.92 Å². The highest BCUT2D eigenvalue weighted by Gasteiger charge is 2.11. The van der Waals surface area contributed by atoms with E-state index in [0.29, 0.717) is 39.4 Å². The molecule has 150 valence electrons. The third kappa shape index (κ3) is 5.56. The minimum absolute atomic E-state index is 0.0452. The zero-order chi connectivity index (χ0) is 20.7. The van der Waals surface area contributed by atoms with E-state index in [4.69, 9.17) is 9.47 Å². The summed E-state index contributed by atoms with van der Waals surface area (Å²) in [5, 5.41) is 3.92. The molecule has 1 aromatic heterocycles. The molecule has 10 heteroatoms. The van der Waals surface area contributed by atoms with Gasteiger partial charge in [-0.3, -0.25) is 14.6 Å². The van der Waals surface area contributed by atoms with E-state index in [9.17, 15) is 14.4 Å². The molecule has 1 amide bonds. The van der Waals surface area contributed by atoms with E-state index < -0.39 is 11.2 Å². The topological polar surface area (TPSA) is 126 Å². The monoisotopic (exact) mass is 452 g/mol. The fraction of sp³-hybridized carbons (Fsp3) is 0.333. The van der Waals surface area contributed by atoms with E-state index in [2.05, 4.69) is 36.4 Å². The van der Waals surface area contributed by atoms with Crippen LogP contribution in [0.5, 0.6) is 11.5 Å². The molecule has 0 aliphatic heterocycles. The third-order valence-electron chi connectivity index (χ3n) is 3.80. The second kappa shape index (κ2) is 9.88. The highest BCUT2D eigenvalue weighted by atomic mass is 79.9. The molecule has 0 aliphatic rings. The first-order valence-electron chi connectivity index (χ1n) is 8.50. The quantitative estimate of drug-likeness (QED) is 0.414. The van der Waals surface area contributed by atoms with Crippen LogP contribution in [0.2, 0.25) is 0 Å². The first-order chi connectivity index (χ1) is 13.3. The van der Waals surface area contributed by atoms with Crippen molar-refractivity contribution in [1.29, 1.82) is 0 Å². The first-order valence-corrected chi connectivity index (χ1v) is 9.29. The number of aromatic nitrogens is 2. The van der Waals surface area contributed by atoms with Gasteiger partial charge in [0.15, 0.2) is 11.5 Å². The van der Waals surface area contributed by atoms with Crippen molar-refractivity contribution < 1.29 is 14.3 Å². The summed E-state index contributed by atoms with van der Waals surface area (Å²) in [7, 11) is 1.54. The van der Waals surface area contributed by atoms with Crippen molar-refractivity contribution in [3.63, 3.8) is 0 Å². The largest absolute Gasteiger partial charge is 0.493 e. The van der Waals surface area contributed by atoms with Crippen LogP contribution in [-0.4, -0.2) is 35.8 Å². The maximum Gasteiger partial charge on any atom is 0.325 e. The number of methoxy groups -OCH3 is 1. The van der Waals surface area contributed by atoms with E-state index in [0.717, 1.165) is 0 Å². The standard InChI is InChI=1S/C18H21BrN4O5/c1-4-28-16-13(19)7-11(8-14(16)27-3)9-20-23-15(24)6-5-12-10(2)21-18(26)22-17(12)25/h7-9H,4-6H2,1-3H3,(H,23,24)(H2,21,22,25,26)/b20-9+. The zero-order valence-corrected chi connectivity index (χ0v) is 17.3. The van der Waals surface area contributed by atoms with Gasteiger partial charge in [-0.1, -0.05) is 0 Å². The molecule has 0 unspecified atom stereocenters. The fourth-order valence-electron chi connectivity index (χ4n) is 2.50. The Morgan fingerprint density at radius 2 is 2.07 bits per heavy atom. The van der Waals surface area contributed by atoms with Gasteiger partial charge in [0, 0.05) is 17.7 Å². The fourth-order valence-corrected chi connectivity index (χ4v) is 3.07. The van der Waals surface area contributed by atoms with E-state index >= 15 is 0 Å². The Kier molecular flexibility index (Phi) is 7.56. The van der Waals surface area contributed by atoms with Crippen LogP contribution < -0.4 is 26.1 Å². The van der Waals surface area contributed by atoms with Gasteiger partial charge in [-0.15, -0.1) is 0 Å². The Bertz CT molecular complexity index is 996. The zero-order valence-electron chi connectivity index (χ0n) is 15.7. The number of hydrogen-bond acceptors (Lipinski definition) is 6.